The summed E-state index contributed by atoms with van der Waals surface area (Å²) in [5.74, 6) is -0.757. The van der Waals surface area contributed by atoms with E-state index in [1.807, 2.05) is 0 Å². The Kier molecular flexibility index (Phi) is 6.69. The Labute approximate surface area is 116 Å². The number of benzene rings is 1. The Morgan fingerprint density at radius 2 is 2.18 bits per heavy atom. The van der Waals surface area contributed by atoms with E-state index < -0.39 is 5.82 Å². The molecule has 6 heteroatoms. The van der Waals surface area contributed by atoms with Crippen molar-refractivity contribution < 1.29 is 13.9 Å². The quantitative estimate of drug-likeness (QED) is 0.619. The van der Waals surface area contributed by atoms with Crippen molar-refractivity contribution in [3.63, 3.8) is 0 Å². The number of hydrogen-bond acceptors (Lipinski definition) is 2. The van der Waals surface area contributed by atoms with Crippen LogP contribution in [0.5, 0.6) is 0 Å². The smallest absolute Gasteiger partial charge is 0.252 e. The van der Waals surface area contributed by atoms with Crippen LogP contribution in [0.1, 0.15) is 10.4 Å². The van der Waals surface area contributed by atoms with Crippen LogP contribution in [-0.4, -0.2) is 31.0 Å². The summed E-state index contributed by atoms with van der Waals surface area (Å²) in [5.41, 5.74) is 0.283. The van der Waals surface area contributed by atoms with Crippen molar-refractivity contribution in [3.8, 4) is 0 Å². The lowest BCUT2D eigenvalue weighted by atomic mass is 10.2. The van der Waals surface area contributed by atoms with E-state index in [4.69, 9.17) is 4.74 Å². The first kappa shape index (κ1) is 14.6. The van der Waals surface area contributed by atoms with Crippen molar-refractivity contribution in [1.29, 1.82) is 0 Å². The first-order valence-corrected chi connectivity index (χ1v) is 6.93. The number of ether oxygens (including phenoxy) is 1. The van der Waals surface area contributed by atoms with Crippen LogP contribution in [0.4, 0.5) is 4.39 Å². The van der Waals surface area contributed by atoms with Crippen LogP contribution in [0.2, 0.25) is 0 Å². The molecule has 0 atom stereocenters. The highest BCUT2D eigenvalue weighted by Crippen LogP contribution is 2.17. The third kappa shape index (κ3) is 5.14. The largest absolute Gasteiger partial charge is 0.379 e. The second-order valence-electron chi connectivity index (χ2n) is 3.18. The van der Waals surface area contributed by atoms with E-state index in [-0.39, 0.29) is 11.5 Å². The van der Waals surface area contributed by atoms with Gasteiger partial charge in [0.05, 0.1) is 18.8 Å². The minimum atomic E-state index is -0.436. The topological polar surface area (TPSA) is 38.3 Å². The van der Waals surface area contributed by atoms with Gasteiger partial charge in [0.2, 0.25) is 0 Å². The maximum Gasteiger partial charge on any atom is 0.252 e. The highest BCUT2D eigenvalue weighted by atomic mass is 79.9. The van der Waals surface area contributed by atoms with E-state index in [2.05, 4.69) is 37.2 Å². The zero-order valence-electron chi connectivity index (χ0n) is 9.01. The van der Waals surface area contributed by atoms with Crippen LogP contribution >= 0.6 is 31.9 Å². The highest BCUT2D eigenvalue weighted by molar-refractivity contribution is 9.10. The zero-order valence-corrected chi connectivity index (χ0v) is 12.2. The number of nitrogens with one attached hydrogen (secondary N) is 1. The minimum absolute atomic E-state index is 0.283. The fourth-order valence-electron chi connectivity index (χ4n) is 1.16. The fourth-order valence-corrected chi connectivity index (χ4v) is 1.82. The Balaban J connectivity index is 2.44. The number of halogens is 3. The van der Waals surface area contributed by atoms with E-state index in [0.29, 0.717) is 24.2 Å². The summed E-state index contributed by atoms with van der Waals surface area (Å²) in [7, 11) is 0. The number of rotatable bonds is 6. The van der Waals surface area contributed by atoms with Gasteiger partial charge in [-0.1, -0.05) is 15.9 Å². The molecule has 0 aromatic heterocycles. The van der Waals surface area contributed by atoms with E-state index in [0.717, 1.165) is 5.33 Å². The molecule has 94 valence electrons. The monoisotopic (exact) mass is 367 g/mol. The normalized spacial score (nSPS) is 10.3. The Morgan fingerprint density at radius 1 is 1.41 bits per heavy atom. The molecule has 0 spiro atoms. The summed E-state index contributed by atoms with van der Waals surface area (Å²) < 4.78 is 18.7. The average Bonchev–Trinajstić information content (AvgIpc) is 2.32. The van der Waals surface area contributed by atoms with E-state index in [1.165, 1.54) is 18.2 Å². The number of alkyl halides is 1. The highest BCUT2D eigenvalue weighted by Gasteiger charge is 2.10. The van der Waals surface area contributed by atoms with Crippen molar-refractivity contribution in [2.45, 2.75) is 0 Å². The zero-order chi connectivity index (χ0) is 12.7. The van der Waals surface area contributed by atoms with Crippen molar-refractivity contribution >= 4 is 37.8 Å². The average molecular weight is 369 g/mol. The standard InChI is InChI=1S/C11H12Br2FNO2/c12-3-5-17-6-4-15-11(16)9-7-8(14)1-2-10(9)13/h1-2,7H,3-6H2,(H,15,16). The van der Waals surface area contributed by atoms with E-state index in [9.17, 15) is 9.18 Å². The first-order valence-electron chi connectivity index (χ1n) is 5.02. The van der Waals surface area contributed by atoms with Crippen LogP contribution in [0.15, 0.2) is 22.7 Å². The molecule has 0 unspecified atom stereocenters. The predicted octanol–water partition coefficient (Wildman–Crippen LogP) is 2.73. The molecular weight excluding hydrogens is 357 g/mol. The summed E-state index contributed by atoms with van der Waals surface area (Å²) in [6.45, 7) is 1.43. The molecule has 3 nitrogen and oxygen atoms in total. The van der Waals surface area contributed by atoms with Gasteiger partial charge in [0.1, 0.15) is 5.82 Å². The maximum atomic E-state index is 13.0. The number of carbonyl (C=O) groups is 1. The van der Waals surface area contributed by atoms with Gasteiger partial charge in [-0.15, -0.1) is 0 Å². The lowest BCUT2D eigenvalue weighted by Gasteiger charge is -2.07. The Hall–Kier alpha value is -0.460. The molecule has 0 aliphatic carbocycles. The lowest BCUT2D eigenvalue weighted by molar-refractivity contribution is 0.0923. The number of amides is 1. The molecule has 0 fully saturated rings. The lowest BCUT2D eigenvalue weighted by Crippen LogP contribution is -2.27. The summed E-state index contributed by atoms with van der Waals surface area (Å²) in [4.78, 5) is 11.7. The van der Waals surface area contributed by atoms with Crippen molar-refractivity contribution in [2.24, 2.45) is 0 Å². The van der Waals surface area contributed by atoms with Gasteiger partial charge in [-0.25, -0.2) is 4.39 Å². The van der Waals surface area contributed by atoms with Crippen molar-refractivity contribution in [1.82, 2.24) is 5.32 Å². The molecule has 17 heavy (non-hydrogen) atoms. The fraction of sp³-hybridized carbons (Fsp3) is 0.364. The molecule has 1 rings (SSSR count). The van der Waals surface area contributed by atoms with Crippen molar-refractivity contribution in [2.75, 3.05) is 25.1 Å². The number of hydrogen-bond donors (Lipinski definition) is 1. The third-order valence-corrected chi connectivity index (χ3v) is 2.94. The molecule has 1 aromatic carbocycles. The molecule has 0 aliphatic rings. The molecule has 1 amide bonds. The van der Waals surface area contributed by atoms with Gasteiger partial charge in [0.15, 0.2) is 0 Å². The van der Waals surface area contributed by atoms with Gasteiger partial charge >= 0.3 is 0 Å². The SMILES string of the molecule is O=C(NCCOCCBr)c1cc(F)ccc1Br. The molecule has 0 radical (unpaired) electrons. The van der Waals surface area contributed by atoms with Crippen LogP contribution in [0, 0.1) is 5.82 Å². The summed E-state index contributed by atoms with van der Waals surface area (Å²) in [5, 5.41) is 3.41. The molecule has 0 aliphatic heterocycles. The van der Waals surface area contributed by atoms with Crippen molar-refractivity contribution in [3.05, 3.63) is 34.1 Å². The molecule has 0 heterocycles. The summed E-state index contributed by atoms with van der Waals surface area (Å²) >= 11 is 6.42. The first-order chi connectivity index (χ1) is 8.15. The molecule has 0 saturated carbocycles. The minimum Gasteiger partial charge on any atom is -0.379 e. The summed E-state index contributed by atoms with van der Waals surface area (Å²) in [6, 6.07) is 3.99. The molecule has 1 aromatic rings. The van der Waals surface area contributed by atoms with E-state index in [1.54, 1.807) is 0 Å². The van der Waals surface area contributed by atoms with Gasteiger partial charge in [-0.2, -0.15) is 0 Å². The predicted molar refractivity (Wildman–Crippen MR) is 71.0 cm³/mol. The van der Waals surface area contributed by atoms with Gasteiger partial charge in [0, 0.05) is 16.3 Å². The van der Waals surface area contributed by atoms with Gasteiger partial charge in [-0.05, 0) is 34.1 Å². The molecule has 0 saturated heterocycles. The molecular formula is C11H12Br2FNO2. The third-order valence-electron chi connectivity index (χ3n) is 1.93. The van der Waals surface area contributed by atoms with Gasteiger partial charge in [0.25, 0.3) is 5.91 Å². The second kappa shape index (κ2) is 7.79. The van der Waals surface area contributed by atoms with Gasteiger partial charge in [-0.3, -0.25) is 4.79 Å². The second-order valence-corrected chi connectivity index (χ2v) is 4.83. The van der Waals surface area contributed by atoms with E-state index >= 15 is 0 Å². The molecule has 0 bridgehead atoms. The van der Waals surface area contributed by atoms with Crippen LogP contribution in [0.25, 0.3) is 0 Å². The number of carbonyl (C=O) groups excluding carboxylic acids is 1. The summed E-state index contributed by atoms with van der Waals surface area (Å²) in [6.07, 6.45) is 0. The maximum absolute atomic E-state index is 13.0. The van der Waals surface area contributed by atoms with Crippen LogP contribution < -0.4 is 5.32 Å². The van der Waals surface area contributed by atoms with Gasteiger partial charge < -0.3 is 10.1 Å². The Bertz CT molecular complexity index is 388. The Morgan fingerprint density at radius 3 is 2.88 bits per heavy atom. The molecule has 1 N–H and O–H groups in total. The van der Waals surface area contributed by atoms with Crippen LogP contribution in [0.3, 0.4) is 0 Å². The van der Waals surface area contributed by atoms with Crippen LogP contribution in [-0.2, 0) is 4.74 Å².